The van der Waals surface area contributed by atoms with E-state index >= 15 is 0 Å². The van der Waals surface area contributed by atoms with Crippen LogP contribution in [-0.2, 0) is 9.53 Å². The Hall–Kier alpha value is -4.73. The Morgan fingerprint density at radius 3 is 2.39 bits per heavy atom. The first-order valence-electron chi connectivity index (χ1n) is 14.0. The van der Waals surface area contributed by atoms with E-state index in [0.717, 1.165) is 22.4 Å². The molecule has 1 atom stereocenters. The number of rotatable bonds is 7. The fourth-order valence-electron chi connectivity index (χ4n) is 5.14. The fraction of sp³-hybridized carbons (Fsp3) is 0.176. The molecular formula is C34H29ClN4O4S. The zero-order valence-corrected chi connectivity index (χ0v) is 26.1. The second-order valence-corrected chi connectivity index (χ2v) is 12.0. The van der Waals surface area contributed by atoms with Crippen molar-refractivity contribution >= 4 is 35.0 Å². The molecule has 6 rings (SSSR count). The van der Waals surface area contributed by atoms with Crippen LogP contribution in [-0.4, -0.2) is 33.5 Å². The summed E-state index contributed by atoms with van der Waals surface area (Å²) in [6.45, 7) is 5.35. The molecule has 0 amide bonds. The van der Waals surface area contributed by atoms with Crippen molar-refractivity contribution in [3.63, 3.8) is 0 Å². The van der Waals surface area contributed by atoms with Gasteiger partial charge in [0.15, 0.2) is 4.80 Å². The van der Waals surface area contributed by atoms with E-state index in [1.807, 2.05) is 91.1 Å². The van der Waals surface area contributed by atoms with Crippen molar-refractivity contribution < 1.29 is 14.3 Å². The van der Waals surface area contributed by atoms with Crippen molar-refractivity contribution in [3.8, 4) is 22.7 Å². The van der Waals surface area contributed by atoms with E-state index in [9.17, 15) is 9.59 Å². The third kappa shape index (κ3) is 5.64. The molecule has 0 N–H and O–H groups in total. The summed E-state index contributed by atoms with van der Waals surface area (Å²) in [5.41, 5.74) is 4.47. The van der Waals surface area contributed by atoms with Crippen molar-refractivity contribution in [1.29, 1.82) is 0 Å². The molecule has 0 bridgehead atoms. The van der Waals surface area contributed by atoms with Gasteiger partial charge in [-0.05, 0) is 68.8 Å². The summed E-state index contributed by atoms with van der Waals surface area (Å²) < 4.78 is 14.8. The van der Waals surface area contributed by atoms with Crippen LogP contribution in [0.3, 0.4) is 0 Å². The molecule has 0 fully saturated rings. The third-order valence-corrected chi connectivity index (χ3v) is 8.42. The molecular weight excluding hydrogens is 596 g/mol. The van der Waals surface area contributed by atoms with Crippen molar-refractivity contribution in [2.24, 2.45) is 4.99 Å². The predicted octanol–water partition coefficient (Wildman–Crippen LogP) is 5.70. The minimum absolute atomic E-state index is 0.272. The maximum atomic E-state index is 14.2. The molecule has 1 aliphatic rings. The predicted molar refractivity (Wildman–Crippen MR) is 172 cm³/mol. The zero-order valence-electron chi connectivity index (χ0n) is 24.5. The molecule has 8 nitrogen and oxygen atoms in total. The summed E-state index contributed by atoms with van der Waals surface area (Å²) >= 11 is 7.44. The van der Waals surface area contributed by atoms with Crippen LogP contribution in [0.5, 0.6) is 5.75 Å². The molecule has 44 heavy (non-hydrogen) atoms. The first-order chi connectivity index (χ1) is 21.2. The summed E-state index contributed by atoms with van der Waals surface area (Å²) in [5.74, 6) is 0.156. The van der Waals surface area contributed by atoms with Gasteiger partial charge in [0, 0.05) is 22.3 Å². The number of carbonyl (C=O) groups is 1. The number of aromatic nitrogens is 3. The third-order valence-electron chi connectivity index (χ3n) is 7.18. The summed E-state index contributed by atoms with van der Waals surface area (Å²) in [5, 5.41) is 5.49. The van der Waals surface area contributed by atoms with E-state index in [1.54, 1.807) is 37.1 Å². The number of hydrogen-bond donors (Lipinski definition) is 0. The van der Waals surface area contributed by atoms with Gasteiger partial charge in [0.1, 0.15) is 11.4 Å². The Balaban J connectivity index is 1.55. The molecule has 3 aromatic carbocycles. The average molecular weight is 625 g/mol. The molecule has 10 heteroatoms. The number of halogens is 1. The van der Waals surface area contributed by atoms with Gasteiger partial charge < -0.3 is 9.47 Å². The first kappa shape index (κ1) is 29.3. The Morgan fingerprint density at radius 2 is 1.73 bits per heavy atom. The quantitative estimate of drug-likeness (QED) is 0.217. The van der Waals surface area contributed by atoms with Crippen molar-refractivity contribution in [1.82, 2.24) is 14.3 Å². The number of methoxy groups -OCH3 is 1. The van der Waals surface area contributed by atoms with Crippen LogP contribution in [0.1, 0.15) is 37.9 Å². The number of benzene rings is 3. The normalized spacial score (nSPS) is 14.9. The smallest absolute Gasteiger partial charge is 0.338 e. The Kier molecular flexibility index (Phi) is 8.07. The molecule has 3 heterocycles. The van der Waals surface area contributed by atoms with Gasteiger partial charge in [-0.2, -0.15) is 5.10 Å². The van der Waals surface area contributed by atoms with Crippen LogP contribution < -0.4 is 19.6 Å². The molecule has 0 unspecified atom stereocenters. The minimum atomic E-state index is -0.728. The first-order valence-corrected chi connectivity index (χ1v) is 15.2. The van der Waals surface area contributed by atoms with Crippen LogP contribution >= 0.6 is 22.9 Å². The lowest BCUT2D eigenvalue weighted by atomic mass is 9.96. The number of hydrogen-bond acceptors (Lipinski definition) is 7. The van der Waals surface area contributed by atoms with Gasteiger partial charge in [-0.15, -0.1) is 0 Å². The molecule has 0 saturated carbocycles. The van der Waals surface area contributed by atoms with Gasteiger partial charge in [0.05, 0.1) is 40.7 Å². The van der Waals surface area contributed by atoms with Gasteiger partial charge in [0.2, 0.25) is 0 Å². The summed E-state index contributed by atoms with van der Waals surface area (Å²) in [6, 6.07) is 23.8. The van der Waals surface area contributed by atoms with Crippen LogP contribution in [0.15, 0.2) is 106 Å². The summed E-state index contributed by atoms with van der Waals surface area (Å²) in [4.78, 5) is 32.8. The van der Waals surface area contributed by atoms with Crippen LogP contribution in [0, 0.1) is 0 Å². The maximum absolute atomic E-state index is 14.2. The van der Waals surface area contributed by atoms with Crippen molar-refractivity contribution in [2.75, 3.05) is 7.11 Å². The Bertz CT molecular complexity index is 2060. The van der Waals surface area contributed by atoms with Gasteiger partial charge >= 0.3 is 5.97 Å². The maximum Gasteiger partial charge on any atom is 0.338 e. The minimum Gasteiger partial charge on any atom is -0.497 e. The lowest BCUT2D eigenvalue weighted by Crippen LogP contribution is -2.40. The standard InChI is InChI=1S/C34H29ClN4O4S/c1-20(2)43-33(41)29-21(3)36-34-39(31(29)23-12-16-27(42-4)17-13-23)32(40)28(44-34)18-24-19-38(26-8-6-5-7-9-26)37-30(24)22-10-14-25(35)15-11-22/h5-20,31H,1-4H3/b28-18+/t31-/m1/s1. The molecule has 0 spiro atoms. The molecule has 0 aliphatic carbocycles. The highest BCUT2D eigenvalue weighted by Crippen LogP contribution is 2.32. The van der Waals surface area contributed by atoms with E-state index in [-0.39, 0.29) is 11.7 Å². The van der Waals surface area contributed by atoms with E-state index in [4.69, 9.17) is 31.2 Å². The van der Waals surface area contributed by atoms with Gasteiger partial charge in [-0.3, -0.25) is 9.36 Å². The topological polar surface area (TPSA) is 87.7 Å². The Labute approximate surface area is 262 Å². The molecule has 0 saturated heterocycles. The van der Waals surface area contributed by atoms with E-state index in [1.165, 1.54) is 11.3 Å². The lowest BCUT2D eigenvalue weighted by molar-refractivity contribution is -0.143. The number of allylic oxidation sites excluding steroid dienone is 1. The number of para-hydroxylation sites is 1. The average Bonchev–Trinajstić information content (AvgIpc) is 3.57. The SMILES string of the molecule is COc1ccc([C@@H]2C(C(=O)OC(C)C)=C(C)N=c3s/c(=C/c4cn(-c5ccccc5)nc4-c4ccc(Cl)cc4)c(=O)n32)cc1. The van der Waals surface area contributed by atoms with Gasteiger partial charge in [-0.1, -0.05) is 65.4 Å². The van der Waals surface area contributed by atoms with Gasteiger partial charge in [-0.25, -0.2) is 14.5 Å². The molecule has 5 aromatic rings. The fourth-order valence-corrected chi connectivity index (χ4v) is 6.30. The summed E-state index contributed by atoms with van der Waals surface area (Å²) in [6.07, 6.45) is 3.39. The van der Waals surface area contributed by atoms with Crippen LogP contribution in [0.2, 0.25) is 5.02 Å². The molecule has 1 aliphatic heterocycles. The molecule has 2 aromatic heterocycles. The van der Waals surface area contributed by atoms with E-state index in [0.29, 0.717) is 37.1 Å². The summed E-state index contributed by atoms with van der Waals surface area (Å²) in [7, 11) is 1.59. The largest absolute Gasteiger partial charge is 0.497 e. The zero-order chi connectivity index (χ0) is 31.0. The number of nitrogens with zero attached hydrogens (tertiary/aromatic N) is 4. The molecule has 222 valence electrons. The van der Waals surface area contributed by atoms with E-state index in [2.05, 4.69) is 0 Å². The number of carbonyl (C=O) groups excluding carboxylic acids is 1. The number of esters is 1. The lowest BCUT2D eigenvalue weighted by Gasteiger charge is -2.25. The van der Waals surface area contributed by atoms with E-state index < -0.39 is 12.0 Å². The molecule has 0 radical (unpaired) electrons. The number of ether oxygens (including phenoxy) is 2. The van der Waals surface area contributed by atoms with Crippen LogP contribution in [0.4, 0.5) is 0 Å². The highest BCUT2D eigenvalue weighted by Gasteiger charge is 2.34. The van der Waals surface area contributed by atoms with Crippen LogP contribution in [0.25, 0.3) is 23.0 Å². The highest BCUT2D eigenvalue weighted by molar-refractivity contribution is 7.07. The van der Waals surface area contributed by atoms with Gasteiger partial charge in [0.25, 0.3) is 5.56 Å². The second-order valence-electron chi connectivity index (χ2n) is 10.5. The Morgan fingerprint density at radius 1 is 1.02 bits per heavy atom. The number of fused-ring (bicyclic) bond motifs is 1. The van der Waals surface area contributed by atoms with Crippen molar-refractivity contribution in [3.05, 3.63) is 132 Å². The monoisotopic (exact) mass is 624 g/mol. The second kappa shape index (κ2) is 12.1. The number of thiazole rings is 1. The highest BCUT2D eigenvalue weighted by atomic mass is 35.5. The van der Waals surface area contributed by atoms with Crippen molar-refractivity contribution in [2.45, 2.75) is 32.9 Å².